The highest BCUT2D eigenvalue weighted by atomic mass is 16.5. The molecule has 2 N–H and O–H groups in total. The molecule has 3 atom stereocenters. The first-order chi connectivity index (χ1) is 10.2. The van der Waals surface area contributed by atoms with Crippen LogP contribution in [0, 0.1) is 5.92 Å². The number of likely N-dealkylation sites (N-methyl/N-ethyl adjacent to an activating group) is 1. The molecule has 0 bridgehead atoms. The van der Waals surface area contributed by atoms with Crippen molar-refractivity contribution in [3.05, 3.63) is 0 Å². The predicted octanol–water partition coefficient (Wildman–Crippen LogP) is 2.02. The van der Waals surface area contributed by atoms with Crippen molar-refractivity contribution in [2.75, 3.05) is 32.8 Å². The van der Waals surface area contributed by atoms with Crippen LogP contribution in [-0.4, -0.2) is 61.0 Å². The van der Waals surface area contributed by atoms with Crippen molar-refractivity contribution in [1.29, 1.82) is 0 Å². The second-order valence-corrected chi connectivity index (χ2v) is 6.94. The molecule has 124 valence electrons. The lowest BCUT2D eigenvalue weighted by Crippen LogP contribution is -2.38. The van der Waals surface area contributed by atoms with Gasteiger partial charge in [0, 0.05) is 25.7 Å². The zero-order valence-electron chi connectivity index (χ0n) is 13.9. The molecule has 0 aromatic carbocycles. The van der Waals surface area contributed by atoms with Gasteiger partial charge in [-0.15, -0.1) is 0 Å². The van der Waals surface area contributed by atoms with Crippen LogP contribution in [0.3, 0.4) is 0 Å². The Morgan fingerprint density at radius 1 is 1.29 bits per heavy atom. The Morgan fingerprint density at radius 2 is 2.10 bits per heavy atom. The van der Waals surface area contributed by atoms with E-state index in [2.05, 4.69) is 24.1 Å². The van der Waals surface area contributed by atoms with Crippen molar-refractivity contribution in [3.8, 4) is 0 Å². The maximum Gasteiger partial charge on any atom is 0.0897 e. The van der Waals surface area contributed by atoms with Gasteiger partial charge in [0.25, 0.3) is 0 Å². The van der Waals surface area contributed by atoms with Crippen LogP contribution in [0.5, 0.6) is 0 Å². The normalized spacial score (nSPS) is 28.0. The summed E-state index contributed by atoms with van der Waals surface area (Å²) in [6.07, 6.45) is 7.65. The first kappa shape index (κ1) is 17.2. The first-order valence-corrected chi connectivity index (χ1v) is 8.93. The van der Waals surface area contributed by atoms with Crippen molar-refractivity contribution < 1.29 is 9.84 Å². The Bertz CT molecular complexity index is 284. The lowest BCUT2D eigenvalue weighted by molar-refractivity contribution is -0.0306. The Balaban J connectivity index is 1.48. The fraction of sp³-hybridized carbons (Fsp3) is 1.00. The van der Waals surface area contributed by atoms with E-state index in [0.29, 0.717) is 19.3 Å². The molecule has 2 fully saturated rings. The van der Waals surface area contributed by atoms with Gasteiger partial charge in [-0.05, 0) is 38.1 Å². The second kappa shape index (κ2) is 9.09. The standard InChI is InChI=1S/C17H34N2O2/c1-3-19(15-7-8-15)10-9-18-12-16(20)13-21-17-6-4-5-14(2)11-17/h14-18,20H,3-13H2,1-2H3. The fourth-order valence-electron chi connectivity index (χ4n) is 3.37. The highest BCUT2D eigenvalue weighted by Gasteiger charge is 2.27. The maximum atomic E-state index is 9.99. The minimum absolute atomic E-state index is 0.369. The van der Waals surface area contributed by atoms with Crippen LogP contribution in [-0.2, 0) is 4.74 Å². The van der Waals surface area contributed by atoms with Gasteiger partial charge in [-0.2, -0.15) is 0 Å². The van der Waals surface area contributed by atoms with Gasteiger partial charge in [-0.1, -0.05) is 26.7 Å². The summed E-state index contributed by atoms with van der Waals surface area (Å²) >= 11 is 0. The number of hydrogen-bond donors (Lipinski definition) is 2. The molecule has 0 aromatic heterocycles. The molecule has 0 aromatic rings. The van der Waals surface area contributed by atoms with Gasteiger partial charge in [-0.25, -0.2) is 0 Å². The van der Waals surface area contributed by atoms with E-state index in [-0.39, 0.29) is 6.10 Å². The monoisotopic (exact) mass is 298 g/mol. The quantitative estimate of drug-likeness (QED) is 0.606. The van der Waals surface area contributed by atoms with Crippen molar-refractivity contribution in [3.63, 3.8) is 0 Å². The van der Waals surface area contributed by atoms with Crippen LogP contribution in [0.25, 0.3) is 0 Å². The van der Waals surface area contributed by atoms with Gasteiger partial charge in [-0.3, -0.25) is 4.90 Å². The summed E-state index contributed by atoms with van der Waals surface area (Å²) in [6, 6.07) is 0.832. The average Bonchev–Trinajstić information content (AvgIpc) is 3.30. The van der Waals surface area contributed by atoms with Gasteiger partial charge >= 0.3 is 0 Å². The highest BCUT2D eigenvalue weighted by molar-refractivity contribution is 4.84. The number of rotatable bonds is 10. The van der Waals surface area contributed by atoms with Gasteiger partial charge < -0.3 is 15.2 Å². The van der Waals surface area contributed by atoms with Gasteiger partial charge in [0.2, 0.25) is 0 Å². The van der Waals surface area contributed by atoms with Crippen LogP contribution in [0.4, 0.5) is 0 Å². The zero-order chi connectivity index (χ0) is 15.1. The molecule has 2 saturated carbocycles. The lowest BCUT2D eigenvalue weighted by atomic mass is 9.89. The molecule has 4 heteroatoms. The Hall–Kier alpha value is -0.160. The topological polar surface area (TPSA) is 44.7 Å². The van der Waals surface area contributed by atoms with E-state index in [9.17, 15) is 5.11 Å². The molecule has 2 aliphatic carbocycles. The van der Waals surface area contributed by atoms with Crippen LogP contribution in [0.1, 0.15) is 52.4 Å². The maximum absolute atomic E-state index is 9.99. The van der Waals surface area contributed by atoms with E-state index >= 15 is 0 Å². The molecule has 0 radical (unpaired) electrons. The van der Waals surface area contributed by atoms with Crippen LogP contribution in [0.15, 0.2) is 0 Å². The molecular formula is C17H34N2O2. The number of aliphatic hydroxyl groups excluding tert-OH is 1. The van der Waals surface area contributed by atoms with Crippen LogP contribution < -0.4 is 5.32 Å². The molecule has 4 nitrogen and oxygen atoms in total. The summed E-state index contributed by atoms with van der Waals surface area (Å²) in [5, 5.41) is 13.3. The molecule has 2 rings (SSSR count). The summed E-state index contributed by atoms with van der Waals surface area (Å²) in [5.74, 6) is 0.779. The Labute approximate surface area is 130 Å². The molecule has 0 spiro atoms. The fourth-order valence-corrected chi connectivity index (χ4v) is 3.37. The number of hydrogen-bond acceptors (Lipinski definition) is 4. The first-order valence-electron chi connectivity index (χ1n) is 8.93. The Kier molecular flexibility index (Phi) is 7.44. The summed E-state index contributed by atoms with van der Waals surface area (Å²) < 4.78 is 5.86. The third-order valence-electron chi connectivity index (χ3n) is 4.84. The molecule has 2 aliphatic rings. The minimum atomic E-state index is -0.377. The van der Waals surface area contributed by atoms with Crippen molar-refractivity contribution in [2.45, 2.75) is 70.6 Å². The summed E-state index contributed by atoms with van der Waals surface area (Å²) in [5.41, 5.74) is 0. The largest absolute Gasteiger partial charge is 0.389 e. The van der Waals surface area contributed by atoms with Crippen molar-refractivity contribution >= 4 is 0 Å². The van der Waals surface area contributed by atoms with Crippen molar-refractivity contribution in [1.82, 2.24) is 10.2 Å². The van der Waals surface area contributed by atoms with E-state index in [1.54, 1.807) is 0 Å². The number of nitrogens with zero attached hydrogens (tertiary/aromatic N) is 1. The predicted molar refractivity (Wildman–Crippen MR) is 86.5 cm³/mol. The highest BCUT2D eigenvalue weighted by Crippen LogP contribution is 2.26. The Morgan fingerprint density at radius 3 is 2.76 bits per heavy atom. The van der Waals surface area contributed by atoms with Crippen LogP contribution in [0.2, 0.25) is 0 Å². The molecule has 21 heavy (non-hydrogen) atoms. The van der Waals surface area contributed by atoms with Crippen molar-refractivity contribution in [2.24, 2.45) is 5.92 Å². The van der Waals surface area contributed by atoms with Gasteiger partial charge in [0.05, 0.1) is 18.8 Å². The summed E-state index contributed by atoms with van der Waals surface area (Å²) in [4.78, 5) is 2.53. The molecule has 0 heterocycles. The zero-order valence-corrected chi connectivity index (χ0v) is 13.9. The van der Waals surface area contributed by atoms with Crippen LogP contribution >= 0.6 is 0 Å². The third kappa shape index (κ3) is 6.64. The molecule has 3 unspecified atom stereocenters. The molecule has 0 aliphatic heterocycles. The third-order valence-corrected chi connectivity index (χ3v) is 4.84. The van der Waals surface area contributed by atoms with E-state index in [1.807, 2.05) is 0 Å². The van der Waals surface area contributed by atoms with E-state index < -0.39 is 0 Å². The SMILES string of the molecule is CCN(CCNCC(O)COC1CCCC(C)C1)C1CC1. The molecular weight excluding hydrogens is 264 g/mol. The molecule has 0 saturated heterocycles. The van der Waals surface area contributed by atoms with Gasteiger partial charge in [0.15, 0.2) is 0 Å². The summed E-state index contributed by atoms with van der Waals surface area (Å²) in [6.45, 7) is 8.84. The second-order valence-electron chi connectivity index (χ2n) is 6.94. The minimum Gasteiger partial charge on any atom is -0.389 e. The smallest absolute Gasteiger partial charge is 0.0897 e. The lowest BCUT2D eigenvalue weighted by Gasteiger charge is -2.27. The summed E-state index contributed by atoms with van der Waals surface area (Å²) in [7, 11) is 0. The van der Waals surface area contributed by atoms with E-state index in [0.717, 1.165) is 44.4 Å². The van der Waals surface area contributed by atoms with E-state index in [4.69, 9.17) is 4.74 Å². The average molecular weight is 298 g/mol. The van der Waals surface area contributed by atoms with Gasteiger partial charge in [0.1, 0.15) is 0 Å². The number of nitrogens with one attached hydrogen (secondary N) is 1. The number of ether oxygens (including phenoxy) is 1. The number of aliphatic hydroxyl groups is 1. The molecule has 0 amide bonds. The van der Waals surface area contributed by atoms with E-state index in [1.165, 1.54) is 25.7 Å².